The van der Waals surface area contributed by atoms with Gasteiger partial charge in [0, 0.05) is 6.42 Å². The van der Waals surface area contributed by atoms with Gasteiger partial charge in [0.1, 0.15) is 11.9 Å². The average Bonchev–Trinajstić information content (AvgIpc) is 3.16. The minimum Gasteiger partial charge on any atom is -0.234 e. The van der Waals surface area contributed by atoms with E-state index in [-0.39, 0.29) is 0 Å². The molecule has 3 aromatic rings. The zero-order valence-corrected chi connectivity index (χ0v) is 21.3. The third-order valence-corrected chi connectivity index (χ3v) is 6.87. The van der Waals surface area contributed by atoms with Crippen molar-refractivity contribution in [3.8, 4) is 0 Å². The molecule has 0 radical (unpaired) electrons. The number of nitrogens with zero attached hydrogens (tertiary/aromatic N) is 2. The van der Waals surface area contributed by atoms with Crippen LogP contribution >= 0.6 is 0 Å². The molecule has 0 saturated heterocycles. The van der Waals surface area contributed by atoms with Gasteiger partial charge in [0.15, 0.2) is 0 Å². The van der Waals surface area contributed by atoms with E-state index in [1.807, 2.05) is 0 Å². The highest BCUT2D eigenvalue weighted by molar-refractivity contribution is 5.21. The lowest BCUT2D eigenvalue weighted by Gasteiger charge is -2.12. The van der Waals surface area contributed by atoms with Crippen molar-refractivity contribution in [3.05, 3.63) is 89.5 Å². The van der Waals surface area contributed by atoms with Crippen LogP contribution in [-0.4, -0.2) is 4.57 Å². The Hall–Kier alpha value is -2.35. The second-order valence-corrected chi connectivity index (χ2v) is 9.68. The molecule has 1 heterocycles. The maximum atomic E-state index is 2.68. The molecule has 2 aromatic carbocycles. The topological polar surface area (TPSA) is 8.81 Å². The van der Waals surface area contributed by atoms with Gasteiger partial charge in [-0.05, 0) is 42.7 Å². The highest BCUT2D eigenvalue weighted by atomic mass is 15.2. The fourth-order valence-electron chi connectivity index (χ4n) is 4.87. The van der Waals surface area contributed by atoms with E-state index >= 15 is 0 Å². The lowest BCUT2D eigenvalue weighted by molar-refractivity contribution is -0.710. The molecule has 0 aliphatic heterocycles. The number of benzene rings is 2. The largest absolute Gasteiger partial charge is 0.261 e. The van der Waals surface area contributed by atoms with Gasteiger partial charge < -0.3 is 0 Å². The summed E-state index contributed by atoms with van der Waals surface area (Å²) in [6.07, 6.45) is 15.1. The molecule has 0 spiro atoms. The summed E-state index contributed by atoms with van der Waals surface area (Å²) in [4.78, 5) is 0. The SMILES string of the molecule is CCCCCCC[n+]1c(CC(C)c2ccccc2)cn(CCCCC)c1Cc1ccccc1. The van der Waals surface area contributed by atoms with Crippen molar-refractivity contribution >= 4 is 0 Å². The second kappa shape index (κ2) is 14.0. The molecular formula is C31H45N2+. The summed E-state index contributed by atoms with van der Waals surface area (Å²) >= 11 is 0. The van der Waals surface area contributed by atoms with Crippen LogP contribution < -0.4 is 4.57 Å². The first kappa shape index (κ1) is 25.3. The Labute approximate surface area is 202 Å². The summed E-state index contributed by atoms with van der Waals surface area (Å²) in [5.74, 6) is 2.01. The quantitative estimate of drug-likeness (QED) is 0.166. The number of aromatic nitrogens is 2. The summed E-state index contributed by atoms with van der Waals surface area (Å²) in [6, 6.07) is 22.1. The van der Waals surface area contributed by atoms with Crippen LogP contribution in [0.15, 0.2) is 66.9 Å². The first-order valence-electron chi connectivity index (χ1n) is 13.4. The smallest absolute Gasteiger partial charge is 0.234 e. The molecule has 0 aliphatic rings. The lowest BCUT2D eigenvalue weighted by atomic mass is 9.96. The van der Waals surface area contributed by atoms with Crippen LogP contribution in [0.3, 0.4) is 0 Å². The molecular weight excluding hydrogens is 400 g/mol. The van der Waals surface area contributed by atoms with E-state index in [1.165, 1.54) is 74.0 Å². The van der Waals surface area contributed by atoms with Gasteiger partial charge in [-0.25, -0.2) is 9.13 Å². The molecule has 0 bridgehead atoms. The predicted molar refractivity (Wildman–Crippen MR) is 141 cm³/mol. The number of aryl methyl sites for hydroxylation is 1. The van der Waals surface area contributed by atoms with Gasteiger partial charge in [0.25, 0.3) is 5.82 Å². The lowest BCUT2D eigenvalue weighted by Crippen LogP contribution is -2.41. The number of imidazole rings is 1. The molecule has 0 fully saturated rings. The van der Waals surface area contributed by atoms with Crippen LogP contribution in [0, 0.1) is 0 Å². The first-order valence-corrected chi connectivity index (χ1v) is 13.4. The zero-order valence-electron chi connectivity index (χ0n) is 21.3. The second-order valence-electron chi connectivity index (χ2n) is 9.68. The molecule has 1 atom stereocenters. The maximum absolute atomic E-state index is 2.68. The summed E-state index contributed by atoms with van der Waals surface area (Å²) < 4.78 is 5.27. The van der Waals surface area contributed by atoms with Crippen LogP contribution in [0.25, 0.3) is 0 Å². The highest BCUT2D eigenvalue weighted by Crippen LogP contribution is 2.21. The van der Waals surface area contributed by atoms with Crippen molar-refractivity contribution in [2.75, 3.05) is 0 Å². The minimum atomic E-state index is 0.522. The summed E-state index contributed by atoms with van der Waals surface area (Å²) in [5, 5.41) is 0. The van der Waals surface area contributed by atoms with E-state index in [0.717, 1.165) is 25.9 Å². The van der Waals surface area contributed by atoms with Crippen molar-refractivity contribution in [1.82, 2.24) is 4.57 Å². The molecule has 0 N–H and O–H groups in total. The van der Waals surface area contributed by atoms with E-state index in [1.54, 1.807) is 0 Å². The minimum absolute atomic E-state index is 0.522. The van der Waals surface area contributed by atoms with Crippen LogP contribution in [-0.2, 0) is 25.9 Å². The molecule has 3 rings (SSSR count). The third-order valence-electron chi connectivity index (χ3n) is 6.87. The Kier molecular flexibility index (Phi) is 10.7. The normalized spacial score (nSPS) is 12.2. The van der Waals surface area contributed by atoms with E-state index < -0.39 is 0 Å². The fourth-order valence-corrected chi connectivity index (χ4v) is 4.87. The monoisotopic (exact) mass is 445 g/mol. The van der Waals surface area contributed by atoms with Crippen LogP contribution in [0.2, 0.25) is 0 Å². The van der Waals surface area contributed by atoms with Gasteiger partial charge in [-0.15, -0.1) is 0 Å². The summed E-state index contributed by atoms with van der Waals surface area (Å²) in [7, 11) is 0. The Morgan fingerprint density at radius 3 is 2.09 bits per heavy atom. The van der Waals surface area contributed by atoms with E-state index in [9.17, 15) is 0 Å². The molecule has 2 nitrogen and oxygen atoms in total. The molecule has 1 aromatic heterocycles. The van der Waals surface area contributed by atoms with Crippen molar-refractivity contribution in [2.45, 2.75) is 104 Å². The zero-order chi connectivity index (χ0) is 23.3. The molecule has 0 saturated carbocycles. The highest BCUT2D eigenvalue weighted by Gasteiger charge is 2.25. The Balaban J connectivity index is 1.89. The number of hydrogen-bond acceptors (Lipinski definition) is 0. The first-order chi connectivity index (χ1) is 16.2. The third kappa shape index (κ3) is 7.88. The van der Waals surface area contributed by atoms with Gasteiger partial charge in [-0.2, -0.15) is 0 Å². The molecule has 33 heavy (non-hydrogen) atoms. The molecule has 0 aliphatic carbocycles. The van der Waals surface area contributed by atoms with Crippen LogP contribution in [0.4, 0.5) is 0 Å². The van der Waals surface area contributed by atoms with Crippen molar-refractivity contribution in [1.29, 1.82) is 0 Å². The van der Waals surface area contributed by atoms with Crippen LogP contribution in [0.1, 0.15) is 101 Å². The Morgan fingerprint density at radius 1 is 0.758 bits per heavy atom. The standard InChI is InChI=1S/C31H45N2/c1-4-6-8-9-17-23-33-30(24-27(3)29-20-14-11-15-21-29)26-32(22-16-7-5-2)31(33)25-28-18-12-10-13-19-28/h10-15,18-21,26-27H,4-9,16-17,22-25H2,1-3H3/q+1. The van der Waals surface area contributed by atoms with E-state index in [2.05, 4.69) is 96.8 Å². The van der Waals surface area contributed by atoms with Gasteiger partial charge in [-0.1, -0.05) is 107 Å². The Bertz CT molecular complexity index is 911. The van der Waals surface area contributed by atoms with Crippen molar-refractivity contribution in [2.24, 2.45) is 0 Å². The van der Waals surface area contributed by atoms with Crippen LogP contribution in [0.5, 0.6) is 0 Å². The average molecular weight is 446 g/mol. The van der Waals surface area contributed by atoms with Gasteiger partial charge in [-0.3, -0.25) is 0 Å². The fraction of sp³-hybridized carbons (Fsp3) is 0.516. The summed E-state index contributed by atoms with van der Waals surface area (Å²) in [5.41, 5.74) is 4.36. The number of rotatable bonds is 15. The van der Waals surface area contributed by atoms with Gasteiger partial charge in [0.2, 0.25) is 0 Å². The van der Waals surface area contributed by atoms with Gasteiger partial charge >= 0.3 is 0 Å². The van der Waals surface area contributed by atoms with Gasteiger partial charge in [0.05, 0.1) is 19.5 Å². The number of unbranched alkanes of at least 4 members (excludes halogenated alkanes) is 6. The summed E-state index contributed by atoms with van der Waals surface area (Å²) in [6.45, 7) is 9.25. The molecule has 2 heteroatoms. The molecule has 0 amide bonds. The molecule has 1 unspecified atom stereocenters. The van der Waals surface area contributed by atoms with E-state index in [4.69, 9.17) is 0 Å². The Morgan fingerprint density at radius 2 is 1.39 bits per heavy atom. The predicted octanol–water partition coefficient (Wildman–Crippen LogP) is 7.87. The molecule has 178 valence electrons. The van der Waals surface area contributed by atoms with E-state index in [0.29, 0.717) is 5.92 Å². The van der Waals surface area contributed by atoms with Crippen molar-refractivity contribution < 1.29 is 4.57 Å². The van der Waals surface area contributed by atoms with Crippen molar-refractivity contribution in [3.63, 3.8) is 0 Å². The number of hydrogen-bond donors (Lipinski definition) is 0. The maximum Gasteiger partial charge on any atom is 0.261 e.